The summed E-state index contributed by atoms with van der Waals surface area (Å²) in [6.45, 7) is 0. The van der Waals surface area contributed by atoms with Crippen LogP contribution in [0.3, 0.4) is 0 Å². The zero-order chi connectivity index (χ0) is 21.5. The minimum Gasteiger partial charge on any atom is -0.355 e. The molecule has 2 aromatic heterocycles. The quantitative estimate of drug-likeness (QED) is 0.507. The van der Waals surface area contributed by atoms with Crippen molar-refractivity contribution in [1.29, 1.82) is 0 Å². The first-order valence-corrected chi connectivity index (χ1v) is 11.3. The Bertz CT molecular complexity index is 1400. The van der Waals surface area contributed by atoms with Gasteiger partial charge in [-0.15, -0.1) is 0 Å². The Hall–Kier alpha value is -3.39. The Labute approximate surface area is 172 Å². The molecule has 2 heterocycles. The third-order valence-corrected chi connectivity index (χ3v) is 5.68. The fourth-order valence-corrected chi connectivity index (χ4v) is 4.37. The van der Waals surface area contributed by atoms with E-state index in [1.807, 2.05) is 18.3 Å². The number of nitrogens with zero attached hydrogens (tertiary/aromatic N) is 1. The maximum absolute atomic E-state index is 13.3. The topological polar surface area (TPSA) is 84.0 Å². The largest absolute Gasteiger partial charge is 0.355 e. The molecule has 0 radical (unpaired) electrons. The number of nitrogens with one attached hydrogen (secondary N) is 2. The van der Waals surface area contributed by atoms with Crippen molar-refractivity contribution >= 4 is 32.1 Å². The van der Waals surface area contributed by atoms with Gasteiger partial charge < -0.3 is 14.9 Å². The molecule has 154 valence electrons. The van der Waals surface area contributed by atoms with Crippen LogP contribution in [0.5, 0.6) is 0 Å². The first-order valence-electron chi connectivity index (χ1n) is 9.21. The first kappa shape index (κ1) is 19.9. The highest BCUT2D eigenvalue weighted by molar-refractivity contribution is 7.89. The van der Waals surface area contributed by atoms with Gasteiger partial charge in [-0.3, -0.25) is 4.79 Å². The van der Waals surface area contributed by atoms with Gasteiger partial charge in [0.25, 0.3) is 5.56 Å². The van der Waals surface area contributed by atoms with Gasteiger partial charge in [-0.05, 0) is 48.0 Å². The summed E-state index contributed by atoms with van der Waals surface area (Å²) in [4.78, 5) is 15.0. The molecule has 2 N–H and O–H groups in total. The van der Waals surface area contributed by atoms with Crippen LogP contribution in [0.15, 0.2) is 65.7 Å². The summed E-state index contributed by atoms with van der Waals surface area (Å²) in [6, 6.07) is 13.1. The molecule has 0 aliphatic rings. The highest BCUT2D eigenvalue weighted by Crippen LogP contribution is 2.36. The molecule has 0 aliphatic carbocycles. The molecule has 4 rings (SSSR count). The van der Waals surface area contributed by atoms with Crippen molar-refractivity contribution in [3.05, 3.63) is 82.7 Å². The summed E-state index contributed by atoms with van der Waals surface area (Å²) >= 11 is 0. The summed E-state index contributed by atoms with van der Waals surface area (Å²) in [6.07, 6.45) is 4.62. The fourth-order valence-electron chi connectivity index (χ4n) is 3.58. The van der Waals surface area contributed by atoms with E-state index in [4.69, 9.17) is 0 Å². The number of sulfone groups is 1. The van der Waals surface area contributed by atoms with Gasteiger partial charge in [0, 0.05) is 53.6 Å². The number of hydrogen-bond acceptors (Lipinski definition) is 4. The minimum absolute atomic E-state index is 0.0951. The third kappa shape index (κ3) is 3.99. The molecule has 0 atom stereocenters. The van der Waals surface area contributed by atoms with Crippen LogP contribution in [0.2, 0.25) is 0 Å². The summed E-state index contributed by atoms with van der Waals surface area (Å²) in [5.41, 5.74) is 3.89. The number of hydrogen-bond donors (Lipinski definition) is 2. The van der Waals surface area contributed by atoms with Gasteiger partial charge in [0.05, 0.1) is 5.75 Å². The number of aromatic nitrogens is 2. The van der Waals surface area contributed by atoms with Gasteiger partial charge in [0.1, 0.15) is 11.3 Å². The van der Waals surface area contributed by atoms with Gasteiger partial charge >= 0.3 is 0 Å². The van der Waals surface area contributed by atoms with Crippen LogP contribution < -0.4 is 10.9 Å². The Morgan fingerprint density at radius 3 is 2.50 bits per heavy atom. The molecule has 4 aromatic rings. The molecule has 0 saturated carbocycles. The van der Waals surface area contributed by atoms with E-state index in [1.54, 1.807) is 42.1 Å². The molecule has 0 spiro atoms. The van der Waals surface area contributed by atoms with E-state index in [2.05, 4.69) is 10.3 Å². The second kappa shape index (κ2) is 7.46. The smallest absolute Gasteiger partial charge is 0.272 e. The summed E-state index contributed by atoms with van der Waals surface area (Å²) < 4.78 is 38.7. The number of rotatable bonds is 5. The lowest BCUT2D eigenvalue weighted by molar-refractivity contribution is 0.601. The van der Waals surface area contributed by atoms with Crippen LogP contribution in [0.25, 0.3) is 22.0 Å². The van der Waals surface area contributed by atoms with E-state index < -0.39 is 9.84 Å². The zero-order valence-corrected chi connectivity index (χ0v) is 17.3. The van der Waals surface area contributed by atoms with Gasteiger partial charge in [0.15, 0.2) is 9.84 Å². The number of benzene rings is 2. The molecule has 0 aliphatic heterocycles. The van der Waals surface area contributed by atoms with Crippen LogP contribution in [0, 0.1) is 5.82 Å². The molecule has 0 bridgehead atoms. The van der Waals surface area contributed by atoms with Crippen LogP contribution in [0.1, 0.15) is 5.56 Å². The van der Waals surface area contributed by atoms with Gasteiger partial charge in [-0.2, -0.15) is 0 Å². The first-order chi connectivity index (χ1) is 14.2. The van der Waals surface area contributed by atoms with E-state index in [0.29, 0.717) is 22.5 Å². The van der Waals surface area contributed by atoms with Crippen molar-refractivity contribution in [2.45, 2.75) is 5.75 Å². The van der Waals surface area contributed by atoms with Crippen molar-refractivity contribution in [3.8, 4) is 11.1 Å². The predicted molar refractivity (Wildman–Crippen MR) is 117 cm³/mol. The summed E-state index contributed by atoms with van der Waals surface area (Å²) in [5.74, 6) is -0.431. The molecule has 6 nitrogen and oxygen atoms in total. The number of aryl methyl sites for hydroxylation is 1. The van der Waals surface area contributed by atoms with Gasteiger partial charge in [-0.1, -0.05) is 6.07 Å². The maximum atomic E-state index is 13.3. The van der Waals surface area contributed by atoms with Crippen molar-refractivity contribution in [1.82, 2.24) is 9.55 Å². The minimum atomic E-state index is -3.22. The van der Waals surface area contributed by atoms with Crippen LogP contribution >= 0.6 is 0 Å². The van der Waals surface area contributed by atoms with Gasteiger partial charge in [-0.25, -0.2) is 12.8 Å². The Morgan fingerprint density at radius 2 is 1.80 bits per heavy atom. The standard InChI is InChI=1S/C22H20FN3O3S/c1-26-12-19(17-9-10-24-22(27)21(17)26)18-11-14(13-30(2,28)29)3-8-20(18)25-16-6-4-15(23)5-7-16/h3-12,25H,13H2,1-2H3,(H,24,27). The SMILES string of the molecule is Cn1cc(-c2cc(CS(C)(=O)=O)ccc2Nc2ccc(F)cc2)c2cc[nH]c(=O)c21. The van der Waals surface area contributed by atoms with E-state index in [0.717, 1.165) is 16.5 Å². The molecular formula is C22H20FN3O3S. The summed E-state index contributed by atoms with van der Waals surface area (Å²) in [5, 5.41) is 4.02. The average Bonchev–Trinajstić information content (AvgIpc) is 3.01. The number of anilines is 2. The van der Waals surface area contributed by atoms with Crippen molar-refractivity contribution < 1.29 is 12.8 Å². The van der Waals surface area contributed by atoms with Crippen LogP contribution in [-0.2, 0) is 22.6 Å². The maximum Gasteiger partial charge on any atom is 0.272 e. The van der Waals surface area contributed by atoms with Crippen LogP contribution in [-0.4, -0.2) is 24.2 Å². The molecule has 0 fully saturated rings. The predicted octanol–water partition coefficient (Wildman–Crippen LogP) is 3.96. The van der Waals surface area contributed by atoms with E-state index >= 15 is 0 Å². The second-order valence-corrected chi connectivity index (χ2v) is 9.44. The zero-order valence-electron chi connectivity index (χ0n) is 16.4. The molecule has 30 heavy (non-hydrogen) atoms. The van der Waals surface area contributed by atoms with E-state index in [1.165, 1.54) is 18.4 Å². The average molecular weight is 425 g/mol. The molecule has 0 saturated heterocycles. The monoisotopic (exact) mass is 425 g/mol. The molecule has 0 amide bonds. The fraction of sp³-hybridized carbons (Fsp3) is 0.136. The molecular weight excluding hydrogens is 405 g/mol. The Kier molecular flexibility index (Phi) is 4.95. The lowest BCUT2D eigenvalue weighted by atomic mass is 10.0. The highest BCUT2D eigenvalue weighted by atomic mass is 32.2. The molecule has 8 heteroatoms. The number of aromatic amines is 1. The van der Waals surface area contributed by atoms with Crippen LogP contribution in [0.4, 0.5) is 15.8 Å². The lowest BCUT2D eigenvalue weighted by Gasteiger charge is -2.14. The highest BCUT2D eigenvalue weighted by Gasteiger charge is 2.16. The Morgan fingerprint density at radius 1 is 1.07 bits per heavy atom. The number of H-pyrrole nitrogens is 1. The van der Waals surface area contributed by atoms with E-state index in [-0.39, 0.29) is 17.1 Å². The summed E-state index contributed by atoms with van der Waals surface area (Å²) in [7, 11) is -1.43. The molecule has 2 aromatic carbocycles. The van der Waals surface area contributed by atoms with Crippen molar-refractivity contribution in [2.24, 2.45) is 7.05 Å². The number of pyridine rings is 1. The number of fused-ring (bicyclic) bond motifs is 1. The van der Waals surface area contributed by atoms with E-state index in [9.17, 15) is 17.6 Å². The third-order valence-electron chi connectivity index (χ3n) is 4.83. The second-order valence-electron chi connectivity index (χ2n) is 7.30. The molecule has 0 unspecified atom stereocenters. The lowest BCUT2D eigenvalue weighted by Crippen LogP contribution is -2.07. The van der Waals surface area contributed by atoms with Crippen molar-refractivity contribution in [2.75, 3.05) is 11.6 Å². The number of halogens is 1. The Balaban J connectivity index is 1.91. The van der Waals surface area contributed by atoms with Gasteiger partial charge in [0.2, 0.25) is 0 Å². The van der Waals surface area contributed by atoms with Crippen molar-refractivity contribution in [3.63, 3.8) is 0 Å². The normalized spacial score (nSPS) is 11.7.